The molecule has 0 saturated carbocycles. The van der Waals surface area contributed by atoms with E-state index in [1.54, 1.807) is 11.3 Å². The van der Waals surface area contributed by atoms with E-state index < -0.39 is 0 Å². The van der Waals surface area contributed by atoms with Crippen LogP contribution >= 0.6 is 11.3 Å². The second-order valence-corrected chi connectivity index (χ2v) is 6.65. The van der Waals surface area contributed by atoms with Crippen molar-refractivity contribution in [2.45, 2.75) is 45.2 Å². The Morgan fingerprint density at radius 1 is 1.36 bits per heavy atom. The first-order chi connectivity index (χ1) is 10.7. The second-order valence-electron chi connectivity index (χ2n) is 5.93. The van der Waals surface area contributed by atoms with Crippen molar-refractivity contribution in [1.29, 1.82) is 0 Å². The van der Waals surface area contributed by atoms with Crippen molar-refractivity contribution >= 4 is 11.3 Å². The molecule has 0 aromatic carbocycles. The quantitative estimate of drug-likeness (QED) is 0.881. The van der Waals surface area contributed by atoms with Gasteiger partial charge in [0.15, 0.2) is 5.82 Å². The molecule has 1 aliphatic rings. The van der Waals surface area contributed by atoms with Crippen LogP contribution in [0.1, 0.15) is 56.1 Å². The zero-order chi connectivity index (χ0) is 15.4. The molecule has 0 spiro atoms. The van der Waals surface area contributed by atoms with Gasteiger partial charge in [-0.1, -0.05) is 19.0 Å². The highest BCUT2D eigenvalue weighted by molar-refractivity contribution is 7.07. The van der Waals surface area contributed by atoms with Crippen LogP contribution < -0.4 is 5.32 Å². The predicted octanol–water partition coefficient (Wildman–Crippen LogP) is 2.91. The summed E-state index contributed by atoms with van der Waals surface area (Å²) in [7, 11) is 0. The summed E-state index contributed by atoms with van der Waals surface area (Å²) in [5.41, 5.74) is 2.90. The van der Waals surface area contributed by atoms with Crippen LogP contribution in [-0.2, 0) is 11.3 Å². The molecular formula is C15H22N4O2S. The van der Waals surface area contributed by atoms with E-state index in [-0.39, 0.29) is 12.0 Å². The molecule has 0 radical (unpaired) electrons. The van der Waals surface area contributed by atoms with Gasteiger partial charge in [0, 0.05) is 31.1 Å². The van der Waals surface area contributed by atoms with Crippen molar-refractivity contribution in [3.05, 3.63) is 28.3 Å². The molecule has 2 aromatic rings. The zero-order valence-corrected chi connectivity index (χ0v) is 13.8. The molecule has 7 heteroatoms. The topological polar surface area (TPSA) is 73.1 Å². The van der Waals surface area contributed by atoms with E-state index in [0.717, 1.165) is 37.6 Å². The van der Waals surface area contributed by atoms with Gasteiger partial charge >= 0.3 is 0 Å². The van der Waals surface area contributed by atoms with Gasteiger partial charge < -0.3 is 9.26 Å². The van der Waals surface area contributed by atoms with Gasteiger partial charge in [0.2, 0.25) is 5.89 Å². The standard InChI is InChI=1S/C15H22N4O2S/c1-10(2)14-18-15(21-19-14)13(11-3-5-20-6-4-11)16-7-12-8-22-9-17-12/h8-11,13,16H,3-7H2,1-2H3/t13-/m0/s1. The van der Waals surface area contributed by atoms with Gasteiger partial charge in [0.1, 0.15) is 0 Å². The molecule has 0 unspecified atom stereocenters. The summed E-state index contributed by atoms with van der Waals surface area (Å²) in [6.07, 6.45) is 2.02. The first-order valence-corrected chi connectivity index (χ1v) is 8.70. The minimum Gasteiger partial charge on any atom is -0.381 e. The van der Waals surface area contributed by atoms with Crippen LogP contribution in [0.25, 0.3) is 0 Å². The van der Waals surface area contributed by atoms with E-state index in [1.165, 1.54) is 0 Å². The number of ether oxygens (including phenoxy) is 1. The van der Waals surface area contributed by atoms with Crippen molar-refractivity contribution < 1.29 is 9.26 Å². The summed E-state index contributed by atoms with van der Waals surface area (Å²) < 4.78 is 11.0. The van der Waals surface area contributed by atoms with E-state index in [0.29, 0.717) is 18.4 Å². The third-order valence-corrected chi connectivity index (χ3v) is 4.60. The van der Waals surface area contributed by atoms with Crippen LogP contribution in [0.5, 0.6) is 0 Å². The molecule has 1 N–H and O–H groups in total. The molecule has 1 saturated heterocycles. The van der Waals surface area contributed by atoms with Crippen LogP contribution in [0.4, 0.5) is 0 Å². The summed E-state index contributed by atoms with van der Waals surface area (Å²) in [6.45, 7) is 6.45. The highest BCUT2D eigenvalue weighted by Gasteiger charge is 2.30. The molecule has 22 heavy (non-hydrogen) atoms. The Labute approximate surface area is 134 Å². The lowest BCUT2D eigenvalue weighted by Gasteiger charge is -2.28. The Morgan fingerprint density at radius 2 is 2.18 bits per heavy atom. The molecule has 1 atom stereocenters. The maximum Gasteiger partial charge on any atom is 0.244 e. The Kier molecular flexibility index (Phi) is 5.17. The zero-order valence-electron chi connectivity index (χ0n) is 13.0. The number of aromatic nitrogens is 3. The van der Waals surface area contributed by atoms with Crippen LogP contribution in [0.2, 0.25) is 0 Å². The third kappa shape index (κ3) is 3.71. The summed E-state index contributed by atoms with van der Waals surface area (Å²) in [5.74, 6) is 2.17. The van der Waals surface area contributed by atoms with Gasteiger partial charge in [-0.05, 0) is 18.8 Å². The molecule has 1 fully saturated rings. The van der Waals surface area contributed by atoms with Gasteiger partial charge in [-0.25, -0.2) is 4.98 Å². The monoisotopic (exact) mass is 322 g/mol. The number of hydrogen-bond donors (Lipinski definition) is 1. The highest BCUT2D eigenvalue weighted by Crippen LogP contribution is 2.30. The van der Waals surface area contributed by atoms with E-state index in [1.807, 2.05) is 5.51 Å². The highest BCUT2D eigenvalue weighted by atomic mass is 32.1. The minimum atomic E-state index is 0.0607. The molecular weight excluding hydrogens is 300 g/mol. The van der Waals surface area contributed by atoms with Crippen LogP contribution in [0.15, 0.2) is 15.4 Å². The Balaban J connectivity index is 1.74. The number of nitrogens with one attached hydrogen (secondary N) is 1. The summed E-state index contributed by atoms with van der Waals surface area (Å²) >= 11 is 1.61. The summed E-state index contributed by atoms with van der Waals surface area (Å²) in [6, 6.07) is 0.0607. The number of thiazole rings is 1. The van der Waals surface area contributed by atoms with Crippen LogP contribution in [0, 0.1) is 5.92 Å². The van der Waals surface area contributed by atoms with Crippen LogP contribution in [-0.4, -0.2) is 28.3 Å². The molecule has 1 aliphatic heterocycles. The number of nitrogens with zero attached hydrogens (tertiary/aromatic N) is 3. The number of rotatable bonds is 6. The van der Waals surface area contributed by atoms with Gasteiger partial charge in [-0.15, -0.1) is 11.3 Å². The fourth-order valence-corrected chi connectivity index (χ4v) is 3.21. The number of hydrogen-bond acceptors (Lipinski definition) is 7. The van der Waals surface area contributed by atoms with Crippen molar-refractivity contribution in [1.82, 2.24) is 20.4 Å². The van der Waals surface area contributed by atoms with E-state index in [9.17, 15) is 0 Å². The largest absolute Gasteiger partial charge is 0.381 e. The predicted molar refractivity (Wildman–Crippen MR) is 83.6 cm³/mol. The van der Waals surface area contributed by atoms with E-state index in [2.05, 4.69) is 39.7 Å². The average molecular weight is 322 g/mol. The van der Waals surface area contributed by atoms with Gasteiger partial charge in [-0.3, -0.25) is 5.32 Å². The molecule has 0 aliphatic carbocycles. The molecule has 120 valence electrons. The van der Waals surface area contributed by atoms with Crippen LogP contribution in [0.3, 0.4) is 0 Å². The van der Waals surface area contributed by atoms with E-state index >= 15 is 0 Å². The lowest BCUT2D eigenvalue weighted by Crippen LogP contribution is -2.32. The smallest absolute Gasteiger partial charge is 0.244 e. The van der Waals surface area contributed by atoms with Crippen molar-refractivity contribution in [2.75, 3.05) is 13.2 Å². The SMILES string of the molecule is CC(C)c1noc([C@@H](NCc2cscn2)C2CCOCC2)n1. The van der Waals surface area contributed by atoms with Gasteiger partial charge in [0.25, 0.3) is 0 Å². The maximum atomic E-state index is 5.53. The molecule has 3 rings (SSSR count). The second kappa shape index (κ2) is 7.30. The van der Waals surface area contributed by atoms with Crippen molar-refractivity contribution in [3.63, 3.8) is 0 Å². The van der Waals surface area contributed by atoms with Gasteiger partial charge in [-0.2, -0.15) is 4.98 Å². The minimum absolute atomic E-state index is 0.0607. The third-order valence-electron chi connectivity index (χ3n) is 3.96. The Bertz CT molecular complexity index is 564. The van der Waals surface area contributed by atoms with Gasteiger partial charge in [0.05, 0.1) is 17.2 Å². The molecule has 0 amide bonds. The fourth-order valence-electron chi connectivity index (χ4n) is 2.65. The first-order valence-electron chi connectivity index (χ1n) is 7.75. The lowest BCUT2D eigenvalue weighted by molar-refractivity contribution is 0.0485. The summed E-state index contributed by atoms with van der Waals surface area (Å²) in [4.78, 5) is 8.91. The molecule has 6 nitrogen and oxygen atoms in total. The average Bonchev–Trinajstić information content (AvgIpc) is 3.20. The Hall–Kier alpha value is -1.31. The normalized spacial score (nSPS) is 18.0. The lowest BCUT2D eigenvalue weighted by atomic mass is 9.91. The summed E-state index contributed by atoms with van der Waals surface area (Å²) in [5, 5.41) is 9.72. The maximum absolute atomic E-state index is 5.53. The Morgan fingerprint density at radius 3 is 2.82 bits per heavy atom. The first kappa shape index (κ1) is 15.6. The molecule has 2 aromatic heterocycles. The van der Waals surface area contributed by atoms with E-state index in [4.69, 9.17) is 9.26 Å². The molecule has 0 bridgehead atoms. The van der Waals surface area contributed by atoms with Crippen molar-refractivity contribution in [2.24, 2.45) is 5.92 Å². The van der Waals surface area contributed by atoms with Crippen molar-refractivity contribution in [3.8, 4) is 0 Å². The fraction of sp³-hybridized carbons (Fsp3) is 0.667. The molecule has 3 heterocycles.